The molecule has 0 radical (unpaired) electrons. The number of carbonyl (C=O) groups is 1. The molecule has 0 bridgehead atoms. The minimum atomic E-state index is 0.101. The van der Waals surface area contributed by atoms with Crippen LogP contribution in [0, 0.1) is 0 Å². The Morgan fingerprint density at radius 1 is 1.64 bits per heavy atom. The van der Waals surface area contributed by atoms with Crippen molar-refractivity contribution in [1.29, 1.82) is 0 Å². The van der Waals surface area contributed by atoms with Gasteiger partial charge in [0.05, 0.1) is 14.0 Å². The third-order valence-electron chi connectivity index (χ3n) is 2.20. The lowest BCUT2D eigenvalue weighted by atomic mass is 10.4. The highest BCUT2D eigenvalue weighted by molar-refractivity contribution is 9.11. The van der Waals surface area contributed by atoms with E-state index in [2.05, 4.69) is 15.9 Å². The van der Waals surface area contributed by atoms with Crippen molar-refractivity contribution in [2.45, 2.75) is 11.8 Å². The number of alkyl halides is 1. The maximum atomic E-state index is 11.9. The molecule has 76 valence electrons. The average molecular weight is 295 g/mol. The van der Waals surface area contributed by atoms with Gasteiger partial charge in [-0.2, -0.15) is 0 Å². The molecule has 2 rings (SSSR count). The van der Waals surface area contributed by atoms with Crippen LogP contribution in [0.4, 0.5) is 0 Å². The van der Waals surface area contributed by atoms with Crippen LogP contribution in [0.1, 0.15) is 16.1 Å². The first-order valence-corrected chi connectivity index (χ1v) is 6.40. The Morgan fingerprint density at radius 3 is 2.93 bits per heavy atom. The summed E-state index contributed by atoms with van der Waals surface area (Å²) in [6.07, 6.45) is 0.903. The third kappa shape index (κ3) is 2.12. The summed E-state index contributed by atoms with van der Waals surface area (Å²) < 4.78 is 0.988. The zero-order chi connectivity index (χ0) is 10.1. The fourth-order valence-corrected chi connectivity index (χ4v) is 3.11. The lowest BCUT2D eigenvalue weighted by Gasteiger charge is -2.13. The largest absolute Gasteiger partial charge is 0.336 e. The van der Waals surface area contributed by atoms with Gasteiger partial charge in [0.15, 0.2) is 0 Å². The minimum Gasteiger partial charge on any atom is -0.336 e. The molecule has 1 aliphatic rings. The Kier molecular flexibility index (Phi) is 3.14. The molecule has 1 atom stereocenters. The van der Waals surface area contributed by atoms with Crippen molar-refractivity contribution in [3.05, 3.63) is 20.8 Å². The van der Waals surface area contributed by atoms with Gasteiger partial charge in [0, 0.05) is 13.1 Å². The lowest BCUT2D eigenvalue weighted by Crippen LogP contribution is -2.28. The Labute approximate surface area is 100.0 Å². The Bertz CT molecular complexity index is 354. The molecule has 0 N–H and O–H groups in total. The van der Waals surface area contributed by atoms with E-state index in [1.54, 1.807) is 0 Å². The van der Waals surface area contributed by atoms with Crippen molar-refractivity contribution in [2.75, 3.05) is 13.1 Å². The van der Waals surface area contributed by atoms with E-state index < -0.39 is 0 Å². The van der Waals surface area contributed by atoms with Crippen LogP contribution in [0.25, 0.3) is 0 Å². The predicted molar refractivity (Wildman–Crippen MR) is 62.2 cm³/mol. The number of thiophene rings is 1. The third-order valence-corrected chi connectivity index (χ3v) is 4.17. The van der Waals surface area contributed by atoms with E-state index in [1.165, 1.54) is 11.3 Å². The first kappa shape index (κ1) is 10.5. The van der Waals surface area contributed by atoms with Crippen molar-refractivity contribution in [3.8, 4) is 0 Å². The van der Waals surface area contributed by atoms with Crippen LogP contribution in [0.3, 0.4) is 0 Å². The topological polar surface area (TPSA) is 20.3 Å². The van der Waals surface area contributed by atoms with E-state index in [-0.39, 0.29) is 11.3 Å². The Hall–Kier alpha value is -0.0600. The second-order valence-corrected chi connectivity index (χ2v) is 6.32. The molecule has 0 saturated carbocycles. The van der Waals surface area contributed by atoms with Gasteiger partial charge < -0.3 is 4.90 Å². The summed E-state index contributed by atoms with van der Waals surface area (Å²) in [7, 11) is 0. The molecule has 2 nitrogen and oxygen atoms in total. The molecule has 1 amide bonds. The Morgan fingerprint density at radius 2 is 2.43 bits per heavy atom. The second-order valence-electron chi connectivity index (χ2n) is 3.24. The average Bonchev–Trinajstić information content (AvgIpc) is 2.73. The van der Waals surface area contributed by atoms with Crippen LogP contribution in [0.2, 0.25) is 0 Å². The molecule has 1 fully saturated rings. The Balaban J connectivity index is 2.09. The molecule has 5 heteroatoms. The molecule has 0 spiro atoms. The highest BCUT2D eigenvalue weighted by Gasteiger charge is 2.26. The number of carbonyl (C=O) groups excluding carboxylic acids is 1. The molecular formula is C9H9BrClNOS. The van der Waals surface area contributed by atoms with E-state index in [1.807, 2.05) is 17.0 Å². The summed E-state index contributed by atoms with van der Waals surface area (Å²) in [6.45, 7) is 1.46. The number of likely N-dealkylation sites (tertiary alicyclic amines) is 1. The van der Waals surface area contributed by atoms with Crippen molar-refractivity contribution in [1.82, 2.24) is 4.90 Å². The number of rotatable bonds is 1. The molecular weight excluding hydrogens is 286 g/mol. The summed E-state index contributed by atoms with van der Waals surface area (Å²) in [5, 5.41) is 0.127. The summed E-state index contributed by atoms with van der Waals surface area (Å²) in [6, 6.07) is 3.74. The maximum absolute atomic E-state index is 11.9. The van der Waals surface area contributed by atoms with Gasteiger partial charge in [-0.05, 0) is 34.5 Å². The van der Waals surface area contributed by atoms with Crippen LogP contribution in [-0.4, -0.2) is 29.3 Å². The van der Waals surface area contributed by atoms with E-state index >= 15 is 0 Å². The number of hydrogen-bond acceptors (Lipinski definition) is 2. The van der Waals surface area contributed by atoms with Crippen molar-refractivity contribution in [2.24, 2.45) is 0 Å². The fourth-order valence-electron chi connectivity index (χ4n) is 1.49. The maximum Gasteiger partial charge on any atom is 0.264 e. The minimum absolute atomic E-state index is 0.101. The quantitative estimate of drug-likeness (QED) is 0.729. The summed E-state index contributed by atoms with van der Waals surface area (Å²) in [5.41, 5.74) is 0. The summed E-state index contributed by atoms with van der Waals surface area (Å²) >= 11 is 10.8. The predicted octanol–water partition coefficient (Wildman–Crippen LogP) is 2.96. The van der Waals surface area contributed by atoms with E-state index in [4.69, 9.17) is 11.6 Å². The number of nitrogens with zero attached hydrogens (tertiary/aromatic N) is 1. The van der Waals surface area contributed by atoms with Crippen LogP contribution in [0.5, 0.6) is 0 Å². The molecule has 14 heavy (non-hydrogen) atoms. The second kappa shape index (κ2) is 4.21. The van der Waals surface area contributed by atoms with Crippen molar-refractivity contribution < 1.29 is 4.79 Å². The molecule has 2 heterocycles. The lowest BCUT2D eigenvalue weighted by molar-refractivity contribution is 0.0798. The van der Waals surface area contributed by atoms with Crippen molar-refractivity contribution in [3.63, 3.8) is 0 Å². The van der Waals surface area contributed by atoms with Crippen LogP contribution in [-0.2, 0) is 0 Å². The summed E-state index contributed by atoms with van der Waals surface area (Å²) in [5.74, 6) is 0.101. The van der Waals surface area contributed by atoms with Gasteiger partial charge >= 0.3 is 0 Å². The number of hydrogen-bond donors (Lipinski definition) is 0. The molecule has 1 unspecified atom stereocenters. The first-order valence-electron chi connectivity index (χ1n) is 4.35. The SMILES string of the molecule is O=C(c1ccc(Br)s1)N1CCC(Cl)C1. The van der Waals surface area contributed by atoms with Gasteiger partial charge in [0.1, 0.15) is 0 Å². The highest BCUT2D eigenvalue weighted by atomic mass is 79.9. The van der Waals surface area contributed by atoms with Gasteiger partial charge in [0.2, 0.25) is 0 Å². The number of halogens is 2. The zero-order valence-electron chi connectivity index (χ0n) is 7.37. The van der Waals surface area contributed by atoms with Crippen LogP contribution < -0.4 is 0 Å². The zero-order valence-corrected chi connectivity index (χ0v) is 10.5. The van der Waals surface area contributed by atoms with Crippen molar-refractivity contribution >= 4 is 44.8 Å². The van der Waals surface area contributed by atoms with Crippen LogP contribution >= 0.6 is 38.9 Å². The van der Waals surface area contributed by atoms with Crippen LogP contribution in [0.15, 0.2) is 15.9 Å². The molecule has 0 aliphatic carbocycles. The summed E-state index contributed by atoms with van der Waals surface area (Å²) in [4.78, 5) is 14.5. The van der Waals surface area contributed by atoms with Gasteiger partial charge in [-0.25, -0.2) is 0 Å². The molecule has 0 aromatic carbocycles. The monoisotopic (exact) mass is 293 g/mol. The highest BCUT2D eigenvalue weighted by Crippen LogP contribution is 2.25. The van der Waals surface area contributed by atoms with Gasteiger partial charge in [-0.15, -0.1) is 22.9 Å². The molecule has 1 aliphatic heterocycles. The van der Waals surface area contributed by atoms with Gasteiger partial charge in [-0.1, -0.05) is 0 Å². The number of amides is 1. The molecule has 1 saturated heterocycles. The first-order chi connectivity index (χ1) is 6.66. The van der Waals surface area contributed by atoms with E-state index in [0.717, 1.165) is 21.6 Å². The van der Waals surface area contributed by atoms with Gasteiger partial charge in [0.25, 0.3) is 5.91 Å². The normalized spacial score (nSPS) is 21.6. The van der Waals surface area contributed by atoms with Gasteiger partial charge in [-0.3, -0.25) is 4.79 Å². The fraction of sp³-hybridized carbons (Fsp3) is 0.444. The smallest absolute Gasteiger partial charge is 0.264 e. The molecule has 1 aromatic heterocycles. The van der Waals surface area contributed by atoms with E-state index in [9.17, 15) is 4.79 Å². The molecule has 1 aromatic rings. The van der Waals surface area contributed by atoms with E-state index in [0.29, 0.717) is 6.54 Å². The standard InChI is InChI=1S/C9H9BrClNOS/c10-8-2-1-7(14-8)9(13)12-4-3-6(11)5-12/h1-2,6H,3-5H2.